The fraction of sp³-hybridized carbons (Fsp3) is 0.368. The molecule has 0 amide bonds. The first-order chi connectivity index (χ1) is 12.6. The summed E-state index contributed by atoms with van der Waals surface area (Å²) in [5.41, 5.74) is 3.57. The first-order valence-corrected chi connectivity index (χ1v) is 11.4. The van der Waals surface area contributed by atoms with Gasteiger partial charge in [0.1, 0.15) is 4.88 Å². The van der Waals surface area contributed by atoms with E-state index in [9.17, 15) is 0 Å². The maximum absolute atomic E-state index is 5.45. The Labute approximate surface area is 159 Å². The zero-order chi connectivity index (χ0) is 18.6. The zero-order valence-electron chi connectivity index (χ0n) is 15.7. The standard InChI is InChI=1S/C19H24N2O3SSi/c1-14-6-8-16-18(12-14)25-19-13-15(7-9-17(19)21-16)20-10-5-11-26(22-2,23-3)24-4/h6-9,12-13H,5,10-11H2,1-4H3/p+1. The van der Waals surface area contributed by atoms with Crippen molar-refractivity contribution in [3.8, 4) is 10.6 Å². The van der Waals surface area contributed by atoms with Crippen LogP contribution in [0.15, 0.2) is 41.4 Å². The molecule has 0 aromatic heterocycles. The number of rotatable bonds is 7. The number of benzene rings is 2. The molecule has 1 heterocycles. The Kier molecular flexibility index (Phi) is 6.15. The Morgan fingerprint density at radius 2 is 1.81 bits per heavy atom. The van der Waals surface area contributed by atoms with Crippen LogP contribution in [0.2, 0.25) is 6.04 Å². The predicted molar refractivity (Wildman–Crippen MR) is 106 cm³/mol. The van der Waals surface area contributed by atoms with E-state index in [1.165, 1.54) is 15.1 Å². The van der Waals surface area contributed by atoms with Crippen molar-refractivity contribution in [2.45, 2.75) is 19.4 Å². The van der Waals surface area contributed by atoms with Gasteiger partial charge in [-0.05, 0) is 37.1 Å². The molecular formula is C19H25N2O3SSi+. The van der Waals surface area contributed by atoms with Gasteiger partial charge in [0.25, 0.3) is 0 Å². The van der Waals surface area contributed by atoms with Gasteiger partial charge in [0.15, 0.2) is 0 Å². The molecule has 5 nitrogen and oxygen atoms in total. The Morgan fingerprint density at radius 3 is 2.54 bits per heavy atom. The van der Waals surface area contributed by atoms with Gasteiger partial charge in [-0.3, -0.25) is 4.99 Å². The largest absolute Gasteiger partial charge is 0.500 e. The summed E-state index contributed by atoms with van der Waals surface area (Å²) in [5, 5.41) is 0.994. The highest BCUT2D eigenvalue weighted by atomic mass is 32.1. The van der Waals surface area contributed by atoms with E-state index in [1.54, 1.807) is 32.7 Å². The topological polar surface area (TPSA) is 54.2 Å². The number of aromatic amines is 1. The van der Waals surface area contributed by atoms with Crippen molar-refractivity contribution >= 4 is 30.4 Å². The second-order valence-corrected chi connectivity index (χ2v) is 10.4. The van der Waals surface area contributed by atoms with Crippen LogP contribution < -0.4 is 10.3 Å². The summed E-state index contributed by atoms with van der Waals surface area (Å²) in [6.07, 6.45) is 0.867. The Bertz CT molecular complexity index is 916. The van der Waals surface area contributed by atoms with Crippen molar-refractivity contribution in [2.24, 2.45) is 4.99 Å². The van der Waals surface area contributed by atoms with E-state index in [0.717, 1.165) is 35.6 Å². The highest BCUT2D eigenvalue weighted by Gasteiger charge is 2.36. The van der Waals surface area contributed by atoms with Gasteiger partial charge >= 0.3 is 8.80 Å². The lowest BCUT2D eigenvalue weighted by molar-refractivity contribution is -0.330. The molecule has 138 valence electrons. The monoisotopic (exact) mass is 389 g/mol. The smallest absolute Gasteiger partial charge is 0.377 e. The van der Waals surface area contributed by atoms with Crippen molar-refractivity contribution in [3.05, 3.63) is 47.3 Å². The summed E-state index contributed by atoms with van der Waals surface area (Å²) in [5.74, 6) is 0. The van der Waals surface area contributed by atoms with Gasteiger partial charge in [-0.15, -0.1) is 11.3 Å². The van der Waals surface area contributed by atoms with Crippen LogP contribution in [-0.4, -0.2) is 36.7 Å². The molecule has 0 spiro atoms. The minimum absolute atomic E-state index is 0.720. The molecule has 0 fully saturated rings. The number of fused-ring (bicyclic) bond motifs is 2. The van der Waals surface area contributed by atoms with Gasteiger partial charge < -0.3 is 13.3 Å². The van der Waals surface area contributed by atoms with Crippen molar-refractivity contribution in [1.29, 1.82) is 0 Å². The van der Waals surface area contributed by atoms with E-state index in [0.29, 0.717) is 0 Å². The second kappa shape index (κ2) is 8.37. The molecule has 0 bridgehead atoms. The van der Waals surface area contributed by atoms with Crippen LogP contribution in [-0.2, 0) is 13.3 Å². The second-order valence-electron chi connectivity index (χ2n) is 6.19. The minimum Gasteiger partial charge on any atom is -0.377 e. The lowest BCUT2D eigenvalue weighted by Crippen LogP contribution is -2.42. The van der Waals surface area contributed by atoms with Crippen molar-refractivity contribution < 1.29 is 18.3 Å². The highest BCUT2D eigenvalue weighted by Crippen LogP contribution is 2.27. The average molecular weight is 390 g/mol. The zero-order valence-corrected chi connectivity index (χ0v) is 17.5. The fourth-order valence-electron chi connectivity index (χ4n) is 2.94. The van der Waals surface area contributed by atoms with E-state index in [-0.39, 0.29) is 0 Å². The third-order valence-corrected chi connectivity index (χ3v) is 8.41. The molecule has 26 heavy (non-hydrogen) atoms. The SMILES string of the molecule is CO[Si](CCCN=c1ccc2[nH+]c3ccc(C)cc3sc-2c1)(OC)OC. The number of hydrogen-bond donors (Lipinski definition) is 0. The van der Waals surface area contributed by atoms with E-state index >= 15 is 0 Å². The number of H-pyrrole nitrogens is 1. The predicted octanol–water partition coefficient (Wildman–Crippen LogP) is 3.30. The van der Waals surface area contributed by atoms with Gasteiger partial charge in [0.05, 0.1) is 10.1 Å². The summed E-state index contributed by atoms with van der Waals surface area (Å²) in [4.78, 5) is 9.41. The number of hydrogen-bond acceptors (Lipinski definition) is 5. The molecule has 0 saturated carbocycles. The van der Waals surface area contributed by atoms with Gasteiger partial charge in [0.2, 0.25) is 11.2 Å². The van der Waals surface area contributed by atoms with E-state index in [2.05, 4.69) is 48.3 Å². The number of nitrogens with one attached hydrogen (secondary N) is 1. The molecule has 1 aromatic rings. The quantitative estimate of drug-likeness (QED) is 0.354. The van der Waals surface area contributed by atoms with Gasteiger partial charge in [-0.1, -0.05) is 6.07 Å². The molecule has 1 aromatic carbocycles. The van der Waals surface area contributed by atoms with E-state index in [4.69, 9.17) is 18.3 Å². The van der Waals surface area contributed by atoms with Crippen LogP contribution in [0.3, 0.4) is 0 Å². The Hall–Kier alpha value is -1.64. The molecule has 0 saturated heterocycles. The summed E-state index contributed by atoms with van der Waals surface area (Å²) in [7, 11) is 2.43. The molecule has 2 aliphatic rings. The Balaban J connectivity index is 1.79. The fourth-order valence-corrected chi connectivity index (χ4v) is 5.76. The molecular weight excluding hydrogens is 364 g/mol. The van der Waals surface area contributed by atoms with Crippen LogP contribution in [0, 0.1) is 6.92 Å². The number of aryl methyl sites for hydroxylation is 1. The molecule has 0 radical (unpaired) electrons. The molecule has 7 heteroatoms. The van der Waals surface area contributed by atoms with Gasteiger partial charge in [-0.2, -0.15) is 0 Å². The van der Waals surface area contributed by atoms with Crippen molar-refractivity contribution in [3.63, 3.8) is 0 Å². The lowest BCUT2D eigenvalue weighted by atomic mass is 10.2. The van der Waals surface area contributed by atoms with Crippen molar-refractivity contribution in [2.75, 3.05) is 27.9 Å². The summed E-state index contributed by atoms with van der Waals surface area (Å²) >= 11 is 1.79. The first kappa shape index (κ1) is 19.1. The van der Waals surface area contributed by atoms with E-state index in [1.807, 2.05) is 0 Å². The van der Waals surface area contributed by atoms with Crippen LogP contribution >= 0.6 is 11.3 Å². The van der Waals surface area contributed by atoms with Crippen LogP contribution in [0.5, 0.6) is 0 Å². The maximum atomic E-state index is 5.45. The number of aromatic nitrogens is 1. The molecule has 1 aliphatic carbocycles. The van der Waals surface area contributed by atoms with Gasteiger partial charge in [0, 0.05) is 46.1 Å². The summed E-state index contributed by atoms with van der Waals surface area (Å²) in [6.45, 7) is 2.84. The number of nitrogens with zero attached hydrogens (tertiary/aromatic N) is 1. The summed E-state index contributed by atoms with van der Waals surface area (Å²) < 4.78 is 17.6. The molecule has 0 atom stereocenters. The maximum Gasteiger partial charge on any atom is 0.500 e. The van der Waals surface area contributed by atoms with E-state index < -0.39 is 8.80 Å². The highest BCUT2D eigenvalue weighted by molar-refractivity contribution is 7.21. The first-order valence-electron chi connectivity index (χ1n) is 8.61. The Morgan fingerprint density at radius 1 is 1.04 bits per heavy atom. The molecule has 0 unspecified atom stereocenters. The summed E-state index contributed by atoms with van der Waals surface area (Å²) in [6, 6.07) is 13.5. The van der Waals surface area contributed by atoms with Crippen LogP contribution in [0.25, 0.3) is 20.8 Å². The molecule has 1 N–H and O–H groups in total. The average Bonchev–Trinajstić information content (AvgIpc) is 2.67. The third-order valence-electron chi connectivity index (χ3n) is 4.46. The lowest BCUT2D eigenvalue weighted by Gasteiger charge is -2.23. The van der Waals surface area contributed by atoms with Crippen molar-refractivity contribution in [1.82, 2.24) is 0 Å². The van der Waals surface area contributed by atoms with Crippen LogP contribution in [0.4, 0.5) is 0 Å². The minimum atomic E-state index is -2.50. The van der Waals surface area contributed by atoms with Gasteiger partial charge in [-0.25, -0.2) is 4.98 Å². The normalized spacial score (nSPS) is 13.0. The third kappa shape index (κ3) is 4.19. The molecule has 3 rings (SSSR count). The van der Waals surface area contributed by atoms with Crippen LogP contribution in [0.1, 0.15) is 12.0 Å². The molecule has 1 aliphatic heterocycles.